The fourth-order valence-electron chi connectivity index (χ4n) is 3.53. The lowest BCUT2D eigenvalue weighted by atomic mass is 10.1. The van der Waals surface area contributed by atoms with Gasteiger partial charge >= 0.3 is 0 Å². The number of oxime groups is 1. The average Bonchev–Trinajstić information content (AvgIpc) is 3.23. The van der Waals surface area contributed by atoms with Crippen LogP contribution in [0.3, 0.4) is 0 Å². The van der Waals surface area contributed by atoms with Crippen molar-refractivity contribution >= 4 is 34.1 Å². The van der Waals surface area contributed by atoms with Crippen molar-refractivity contribution in [2.45, 2.75) is 12.5 Å². The Morgan fingerprint density at radius 3 is 2.84 bits per heavy atom. The summed E-state index contributed by atoms with van der Waals surface area (Å²) in [6.45, 7) is 4.08. The Kier molecular flexibility index (Phi) is 6.03. The molecule has 31 heavy (non-hydrogen) atoms. The molecule has 7 heteroatoms. The van der Waals surface area contributed by atoms with Crippen LogP contribution in [-0.4, -0.2) is 46.6 Å². The highest BCUT2D eigenvalue weighted by atomic mass is 16.6. The second kappa shape index (κ2) is 9.21. The van der Waals surface area contributed by atoms with E-state index in [0.717, 1.165) is 10.9 Å². The third kappa shape index (κ3) is 4.61. The molecule has 1 saturated heterocycles. The largest absolute Gasteiger partial charge is 0.392 e. The second-order valence-electron chi connectivity index (χ2n) is 7.16. The van der Waals surface area contributed by atoms with Crippen molar-refractivity contribution in [3.05, 3.63) is 85.1 Å². The zero-order valence-corrected chi connectivity index (χ0v) is 16.9. The van der Waals surface area contributed by atoms with Gasteiger partial charge in [0.15, 0.2) is 0 Å². The van der Waals surface area contributed by atoms with Crippen molar-refractivity contribution in [2.75, 3.05) is 18.5 Å². The number of nitrogens with zero attached hydrogens (tertiary/aromatic N) is 3. The summed E-state index contributed by atoms with van der Waals surface area (Å²) in [4.78, 5) is 37.2. The number of benzene rings is 2. The van der Waals surface area contributed by atoms with E-state index < -0.39 is 6.04 Å². The van der Waals surface area contributed by atoms with Crippen LogP contribution in [0.25, 0.3) is 10.9 Å². The van der Waals surface area contributed by atoms with Crippen LogP contribution in [-0.2, 0) is 9.63 Å². The van der Waals surface area contributed by atoms with Crippen LogP contribution in [0.4, 0.5) is 5.69 Å². The maximum Gasteiger partial charge on any atom is 0.254 e. The van der Waals surface area contributed by atoms with Gasteiger partial charge in [0.25, 0.3) is 5.91 Å². The Morgan fingerprint density at radius 1 is 1.19 bits per heavy atom. The van der Waals surface area contributed by atoms with Crippen molar-refractivity contribution in [3.63, 3.8) is 0 Å². The molecule has 2 heterocycles. The van der Waals surface area contributed by atoms with E-state index in [4.69, 9.17) is 4.84 Å². The Hall–Kier alpha value is -4.00. The zero-order chi connectivity index (χ0) is 21.6. The highest BCUT2D eigenvalue weighted by Crippen LogP contribution is 2.22. The van der Waals surface area contributed by atoms with Crippen LogP contribution >= 0.6 is 0 Å². The first-order valence-corrected chi connectivity index (χ1v) is 9.96. The molecule has 1 N–H and O–H groups in total. The van der Waals surface area contributed by atoms with E-state index in [1.54, 1.807) is 42.6 Å². The maximum atomic E-state index is 13.1. The van der Waals surface area contributed by atoms with Gasteiger partial charge in [-0.1, -0.05) is 42.1 Å². The lowest BCUT2D eigenvalue weighted by molar-refractivity contribution is -0.119. The summed E-state index contributed by atoms with van der Waals surface area (Å²) in [5.41, 5.74) is 2.64. The quantitative estimate of drug-likeness (QED) is 0.379. The van der Waals surface area contributed by atoms with Gasteiger partial charge in [0.05, 0.1) is 17.8 Å². The molecule has 1 aromatic heterocycles. The van der Waals surface area contributed by atoms with Crippen LogP contribution < -0.4 is 5.32 Å². The number of amides is 2. The number of pyridine rings is 1. The van der Waals surface area contributed by atoms with Gasteiger partial charge in [-0.2, -0.15) is 0 Å². The van der Waals surface area contributed by atoms with E-state index in [-0.39, 0.29) is 25.0 Å². The number of likely N-dealkylation sites (tertiary alicyclic amines) is 1. The Labute approximate surface area is 180 Å². The minimum Gasteiger partial charge on any atom is -0.392 e. The summed E-state index contributed by atoms with van der Waals surface area (Å²) in [6, 6.07) is 17.5. The second-order valence-corrected chi connectivity index (χ2v) is 7.16. The summed E-state index contributed by atoms with van der Waals surface area (Å²) < 4.78 is 0. The molecule has 1 aliphatic rings. The smallest absolute Gasteiger partial charge is 0.254 e. The summed E-state index contributed by atoms with van der Waals surface area (Å²) in [7, 11) is 0. The third-order valence-electron chi connectivity index (χ3n) is 5.00. The molecule has 156 valence electrons. The first kappa shape index (κ1) is 20.3. The van der Waals surface area contributed by atoms with Gasteiger partial charge in [0, 0.05) is 29.3 Å². The third-order valence-corrected chi connectivity index (χ3v) is 5.00. The summed E-state index contributed by atoms with van der Waals surface area (Å²) >= 11 is 0. The number of aromatic nitrogens is 1. The molecule has 4 rings (SSSR count). The van der Waals surface area contributed by atoms with Gasteiger partial charge in [-0.25, -0.2) is 0 Å². The number of nitrogens with one attached hydrogen (secondary N) is 1. The molecule has 7 nitrogen and oxygen atoms in total. The molecule has 0 spiro atoms. The lowest BCUT2D eigenvalue weighted by Crippen LogP contribution is -2.43. The minimum absolute atomic E-state index is 0.225. The predicted molar refractivity (Wildman–Crippen MR) is 120 cm³/mol. The molecule has 0 aliphatic carbocycles. The maximum absolute atomic E-state index is 13.1. The Bertz CT molecular complexity index is 1140. The SMILES string of the molecule is C=CCO/N=C1\C[C@@H](C(=O)Nc2ccc3ncccc3c2)N(C(=O)c2ccccc2)C1. The Morgan fingerprint density at radius 2 is 2.03 bits per heavy atom. The van der Waals surface area contributed by atoms with Gasteiger partial charge in [-0.15, -0.1) is 0 Å². The van der Waals surface area contributed by atoms with Crippen molar-refractivity contribution in [2.24, 2.45) is 5.16 Å². The van der Waals surface area contributed by atoms with Crippen molar-refractivity contribution in [1.82, 2.24) is 9.88 Å². The molecule has 3 aromatic rings. The van der Waals surface area contributed by atoms with Crippen molar-refractivity contribution in [3.8, 4) is 0 Å². The van der Waals surface area contributed by atoms with Gasteiger partial charge in [-0.05, 0) is 36.4 Å². The van der Waals surface area contributed by atoms with Crippen LogP contribution in [0.5, 0.6) is 0 Å². The molecule has 1 aliphatic heterocycles. The van der Waals surface area contributed by atoms with Crippen LogP contribution in [0, 0.1) is 0 Å². The van der Waals surface area contributed by atoms with Crippen LogP contribution in [0.15, 0.2) is 84.7 Å². The predicted octanol–water partition coefficient (Wildman–Crippen LogP) is 3.65. The molecule has 0 radical (unpaired) electrons. The zero-order valence-electron chi connectivity index (χ0n) is 16.9. The van der Waals surface area contributed by atoms with Gasteiger partial charge in [0.2, 0.25) is 5.91 Å². The minimum atomic E-state index is -0.691. The number of anilines is 1. The fourth-order valence-corrected chi connectivity index (χ4v) is 3.53. The molecule has 2 amide bonds. The van der Waals surface area contributed by atoms with Gasteiger partial charge < -0.3 is 15.1 Å². The lowest BCUT2D eigenvalue weighted by Gasteiger charge is -2.23. The number of rotatable bonds is 6. The van der Waals surface area contributed by atoms with Crippen molar-refractivity contribution in [1.29, 1.82) is 0 Å². The average molecular weight is 414 g/mol. The van der Waals surface area contributed by atoms with E-state index >= 15 is 0 Å². The van der Waals surface area contributed by atoms with Crippen LogP contribution in [0.2, 0.25) is 0 Å². The fraction of sp³-hybridized carbons (Fsp3) is 0.167. The molecule has 0 unspecified atom stereocenters. The van der Waals surface area contributed by atoms with Crippen LogP contribution in [0.1, 0.15) is 16.8 Å². The molecule has 2 aromatic carbocycles. The van der Waals surface area contributed by atoms with E-state index in [1.807, 2.05) is 30.3 Å². The van der Waals surface area contributed by atoms with E-state index in [9.17, 15) is 9.59 Å². The topological polar surface area (TPSA) is 83.9 Å². The monoisotopic (exact) mass is 414 g/mol. The van der Waals surface area contributed by atoms with E-state index in [0.29, 0.717) is 23.4 Å². The van der Waals surface area contributed by atoms with Crippen molar-refractivity contribution < 1.29 is 14.4 Å². The number of hydrogen-bond acceptors (Lipinski definition) is 5. The molecule has 0 saturated carbocycles. The first-order chi connectivity index (χ1) is 15.2. The number of fused-ring (bicyclic) bond motifs is 1. The molecular formula is C24H22N4O3. The van der Waals surface area contributed by atoms with E-state index in [2.05, 4.69) is 22.0 Å². The number of carbonyl (C=O) groups excluding carboxylic acids is 2. The number of hydrogen-bond donors (Lipinski definition) is 1. The molecular weight excluding hydrogens is 392 g/mol. The van der Waals surface area contributed by atoms with Gasteiger partial charge in [-0.3, -0.25) is 14.6 Å². The summed E-state index contributed by atoms with van der Waals surface area (Å²) in [6.07, 6.45) is 3.61. The molecule has 0 bridgehead atoms. The first-order valence-electron chi connectivity index (χ1n) is 9.96. The summed E-state index contributed by atoms with van der Waals surface area (Å²) in [5.74, 6) is -0.501. The highest BCUT2D eigenvalue weighted by Gasteiger charge is 2.38. The molecule has 1 atom stereocenters. The summed E-state index contributed by atoms with van der Waals surface area (Å²) in [5, 5.41) is 7.93. The highest BCUT2D eigenvalue weighted by molar-refractivity contribution is 6.08. The number of carbonyl (C=O) groups is 2. The molecule has 1 fully saturated rings. The normalized spacial score (nSPS) is 17.0. The standard InChI is InChI=1S/C24H22N4O3/c1-2-13-31-27-20-15-22(28(16-20)24(30)17-7-4-3-5-8-17)23(29)26-19-10-11-21-18(14-19)9-6-12-25-21/h2-12,14,22H,1,13,15-16H2,(H,26,29)/b27-20+/t22-/m0/s1. The van der Waals surface area contributed by atoms with E-state index in [1.165, 1.54) is 4.90 Å². The van der Waals surface area contributed by atoms with Gasteiger partial charge in [0.1, 0.15) is 12.6 Å². The Balaban J connectivity index is 1.56.